The van der Waals surface area contributed by atoms with Crippen molar-refractivity contribution in [2.24, 2.45) is 0 Å². The lowest BCUT2D eigenvalue weighted by Gasteiger charge is -2.23. The van der Waals surface area contributed by atoms with Gasteiger partial charge in [0.1, 0.15) is 23.6 Å². The molecule has 0 aliphatic carbocycles. The Morgan fingerprint density at radius 2 is 1.76 bits per heavy atom. The lowest BCUT2D eigenvalue weighted by atomic mass is 9.89. The third kappa shape index (κ3) is 5.33. The Hall–Kier alpha value is -4.69. The van der Waals surface area contributed by atoms with Gasteiger partial charge in [0.25, 0.3) is 5.91 Å². The highest BCUT2D eigenvalue weighted by molar-refractivity contribution is 6.06. The minimum atomic E-state index is -0.677. The molecule has 3 heterocycles. The maximum Gasteiger partial charge on any atom is 0.258 e. The molecule has 2 aromatic heterocycles. The Morgan fingerprint density at radius 1 is 1.00 bits per heavy atom. The molecule has 5 aromatic rings. The molecule has 0 unspecified atom stereocenters. The molecule has 1 fully saturated rings. The summed E-state index contributed by atoms with van der Waals surface area (Å²) in [5.74, 6) is -1.34. The van der Waals surface area contributed by atoms with Crippen LogP contribution in [0.4, 0.5) is 14.5 Å². The smallest absolute Gasteiger partial charge is 0.258 e. The second kappa shape index (κ2) is 11.3. The van der Waals surface area contributed by atoms with Crippen LogP contribution in [-0.2, 0) is 0 Å². The van der Waals surface area contributed by atoms with Crippen LogP contribution in [0.25, 0.3) is 39.1 Å². The molecule has 1 aliphatic heterocycles. The SMILES string of the molecule is C=C(C)c1ccc(C(=O)Nc2cc(F)cc(-c3ncnc4[nH]c(-c5ccc(C6CCNCC6)cc5)cc34)c2C)c(F)c1. The summed E-state index contributed by atoms with van der Waals surface area (Å²) in [7, 11) is 0. The summed E-state index contributed by atoms with van der Waals surface area (Å²) in [5, 5.41) is 6.82. The number of carbonyl (C=O) groups is 1. The van der Waals surface area contributed by atoms with E-state index in [2.05, 4.69) is 56.4 Å². The standard InChI is InChI=1S/C34H31F2N5O/c1-19(2)24-8-9-26(29(36)14-24)34(42)41-30-16-25(35)15-27(20(30)3)32-28-17-31(40-33(28)39-18-38-32)23-6-4-21(5-7-23)22-10-12-37-13-11-22/h4-9,14-18,22,37H,1,10-13H2,2-3H3,(H,41,42)(H,38,39,40). The molecule has 0 spiro atoms. The minimum Gasteiger partial charge on any atom is -0.339 e. The number of aromatic amines is 1. The van der Waals surface area contributed by atoms with Gasteiger partial charge >= 0.3 is 0 Å². The molecule has 1 amide bonds. The number of halogens is 2. The summed E-state index contributed by atoms with van der Waals surface area (Å²) in [6.07, 6.45) is 3.70. The van der Waals surface area contributed by atoms with E-state index in [1.165, 1.54) is 36.2 Å². The van der Waals surface area contributed by atoms with Crippen LogP contribution in [0.3, 0.4) is 0 Å². The Balaban J connectivity index is 1.32. The summed E-state index contributed by atoms with van der Waals surface area (Å²) in [6.45, 7) is 9.42. The monoisotopic (exact) mass is 563 g/mol. The van der Waals surface area contributed by atoms with Crippen molar-refractivity contribution >= 4 is 28.2 Å². The van der Waals surface area contributed by atoms with Gasteiger partial charge in [-0.05, 0) is 98.3 Å². The van der Waals surface area contributed by atoms with Crippen molar-refractivity contribution in [2.75, 3.05) is 18.4 Å². The second-order valence-corrected chi connectivity index (χ2v) is 10.9. The third-order valence-electron chi connectivity index (χ3n) is 8.04. The first kappa shape index (κ1) is 27.5. The van der Waals surface area contributed by atoms with Crippen LogP contribution >= 0.6 is 0 Å². The number of nitrogens with one attached hydrogen (secondary N) is 3. The number of rotatable bonds is 6. The Morgan fingerprint density at radius 3 is 2.48 bits per heavy atom. The van der Waals surface area contributed by atoms with Crippen LogP contribution in [0.15, 0.2) is 73.6 Å². The first-order chi connectivity index (χ1) is 20.3. The molecule has 0 atom stereocenters. The highest BCUT2D eigenvalue weighted by Gasteiger charge is 2.20. The fourth-order valence-electron chi connectivity index (χ4n) is 5.61. The highest BCUT2D eigenvalue weighted by atomic mass is 19.1. The van der Waals surface area contributed by atoms with Crippen molar-refractivity contribution in [3.63, 3.8) is 0 Å². The van der Waals surface area contributed by atoms with Gasteiger partial charge in [-0.1, -0.05) is 42.5 Å². The normalized spacial score (nSPS) is 13.8. The van der Waals surface area contributed by atoms with Gasteiger partial charge in [0.2, 0.25) is 0 Å². The molecule has 1 aliphatic rings. The van der Waals surface area contributed by atoms with Crippen molar-refractivity contribution in [2.45, 2.75) is 32.6 Å². The third-order valence-corrected chi connectivity index (χ3v) is 8.04. The molecule has 0 bridgehead atoms. The first-order valence-electron chi connectivity index (χ1n) is 14.0. The van der Waals surface area contributed by atoms with E-state index in [0.29, 0.717) is 39.5 Å². The fourth-order valence-corrected chi connectivity index (χ4v) is 5.61. The number of carbonyl (C=O) groups excluding carboxylic acids is 1. The Bertz CT molecular complexity index is 1820. The summed E-state index contributed by atoms with van der Waals surface area (Å²) >= 11 is 0. The van der Waals surface area contributed by atoms with Gasteiger partial charge in [0.15, 0.2) is 0 Å². The number of benzene rings is 3. The Kier molecular flexibility index (Phi) is 7.39. The van der Waals surface area contributed by atoms with Crippen molar-refractivity contribution in [3.8, 4) is 22.5 Å². The van der Waals surface area contributed by atoms with Crippen LogP contribution in [0.1, 0.15) is 52.7 Å². The van der Waals surface area contributed by atoms with E-state index in [1.807, 2.05) is 6.07 Å². The van der Waals surface area contributed by atoms with Crippen molar-refractivity contribution in [1.82, 2.24) is 20.3 Å². The van der Waals surface area contributed by atoms with Crippen molar-refractivity contribution in [1.29, 1.82) is 0 Å². The Labute approximate surface area is 242 Å². The average molecular weight is 564 g/mol. The summed E-state index contributed by atoms with van der Waals surface area (Å²) in [5.41, 5.74) is 6.85. The molecule has 3 aromatic carbocycles. The molecule has 1 saturated heterocycles. The zero-order valence-electron chi connectivity index (χ0n) is 23.5. The van der Waals surface area contributed by atoms with Crippen LogP contribution in [0.5, 0.6) is 0 Å². The summed E-state index contributed by atoms with van der Waals surface area (Å²) < 4.78 is 29.7. The number of H-pyrrole nitrogens is 1. The molecular formula is C34H31F2N5O. The maximum atomic E-state index is 14.9. The molecule has 0 saturated carbocycles. The van der Waals surface area contributed by atoms with Gasteiger partial charge < -0.3 is 15.6 Å². The molecule has 6 rings (SSSR count). The van der Waals surface area contributed by atoms with E-state index in [9.17, 15) is 13.6 Å². The van der Waals surface area contributed by atoms with E-state index < -0.39 is 17.5 Å². The molecule has 8 heteroatoms. The van der Waals surface area contributed by atoms with E-state index in [4.69, 9.17) is 0 Å². The predicted molar refractivity (Wildman–Crippen MR) is 163 cm³/mol. The quantitative estimate of drug-likeness (QED) is 0.198. The van der Waals surface area contributed by atoms with Crippen molar-refractivity contribution < 1.29 is 13.6 Å². The van der Waals surface area contributed by atoms with Crippen LogP contribution in [0, 0.1) is 18.6 Å². The minimum absolute atomic E-state index is 0.143. The van der Waals surface area contributed by atoms with E-state index in [-0.39, 0.29) is 11.3 Å². The van der Waals surface area contributed by atoms with E-state index in [0.717, 1.165) is 42.6 Å². The maximum absolute atomic E-state index is 14.9. The number of hydrogen-bond acceptors (Lipinski definition) is 4. The lowest BCUT2D eigenvalue weighted by molar-refractivity contribution is 0.102. The van der Waals surface area contributed by atoms with Crippen molar-refractivity contribution in [3.05, 3.63) is 107 Å². The zero-order valence-corrected chi connectivity index (χ0v) is 23.5. The average Bonchev–Trinajstić information content (AvgIpc) is 3.44. The predicted octanol–water partition coefficient (Wildman–Crippen LogP) is 7.63. The van der Waals surface area contributed by atoms with Gasteiger partial charge in [0, 0.05) is 22.3 Å². The highest BCUT2D eigenvalue weighted by Crippen LogP contribution is 2.35. The number of nitrogens with zero attached hydrogens (tertiary/aromatic N) is 2. The molecule has 6 nitrogen and oxygen atoms in total. The number of allylic oxidation sites excluding steroid dienone is 1. The van der Waals surface area contributed by atoms with Crippen LogP contribution in [-0.4, -0.2) is 33.9 Å². The topological polar surface area (TPSA) is 82.7 Å². The summed E-state index contributed by atoms with van der Waals surface area (Å²) in [4.78, 5) is 25.3. The lowest BCUT2D eigenvalue weighted by Crippen LogP contribution is -2.26. The number of fused-ring (bicyclic) bond motifs is 1. The number of amides is 1. The molecular weight excluding hydrogens is 532 g/mol. The number of hydrogen-bond donors (Lipinski definition) is 3. The van der Waals surface area contributed by atoms with E-state index >= 15 is 0 Å². The van der Waals surface area contributed by atoms with Gasteiger partial charge in [-0.3, -0.25) is 4.79 Å². The van der Waals surface area contributed by atoms with Gasteiger partial charge in [0.05, 0.1) is 11.3 Å². The van der Waals surface area contributed by atoms with Crippen LogP contribution < -0.4 is 10.6 Å². The zero-order chi connectivity index (χ0) is 29.4. The molecule has 0 radical (unpaired) electrons. The number of aromatic nitrogens is 3. The number of piperidine rings is 1. The largest absolute Gasteiger partial charge is 0.339 e. The van der Waals surface area contributed by atoms with Crippen LogP contribution in [0.2, 0.25) is 0 Å². The second-order valence-electron chi connectivity index (χ2n) is 10.9. The van der Waals surface area contributed by atoms with Gasteiger partial charge in [-0.25, -0.2) is 18.7 Å². The van der Waals surface area contributed by atoms with Gasteiger partial charge in [-0.2, -0.15) is 0 Å². The number of anilines is 1. The van der Waals surface area contributed by atoms with Gasteiger partial charge in [-0.15, -0.1) is 0 Å². The summed E-state index contributed by atoms with van der Waals surface area (Å²) in [6, 6.07) is 17.5. The fraction of sp³-hybridized carbons (Fsp3) is 0.206. The first-order valence-corrected chi connectivity index (χ1v) is 14.0. The van der Waals surface area contributed by atoms with E-state index in [1.54, 1.807) is 19.9 Å². The molecule has 3 N–H and O–H groups in total. The molecule has 42 heavy (non-hydrogen) atoms. The molecule has 212 valence electrons.